The predicted octanol–water partition coefficient (Wildman–Crippen LogP) is 4.67. The Morgan fingerprint density at radius 3 is 2.53 bits per heavy atom. The number of rotatable bonds is 5. The summed E-state index contributed by atoms with van der Waals surface area (Å²) in [6.07, 6.45) is 3.15. The van der Waals surface area contributed by atoms with Crippen LogP contribution in [0.25, 0.3) is 0 Å². The van der Waals surface area contributed by atoms with E-state index in [-0.39, 0.29) is 6.04 Å². The molecule has 2 heteroatoms. The zero-order valence-corrected chi connectivity index (χ0v) is 12.0. The Hall–Kier alpha value is -1.31. The van der Waals surface area contributed by atoms with Crippen LogP contribution >= 0.6 is 11.6 Å². The van der Waals surface area contributed by atoms with Crippen molar-refractivity contribution in [1.82, 2.24) is 0 Å². The van der Waals surface area contributed by atoms with Crippen molar-refractivity contribution in [2.24, 2.45) is 5.73 Å². The van der Waals surface area contributed by atoms with Gasteiger partial charge in [-0.05, 0) is 55.0 Å². The summed E-state index contributed by atoms with van der Waals surface area (Å²) in [6, 6.07) is 16.7. The second kappa shape index (κ2) is 6.74. The fourth-order valence-corrected chi connectivity index (χ4v) is 2.61. The van der Waals surface area contributed by atoms with Gasteiger partial charge in [-0.25, -0.2) is 0 Å². The highest BCUT2D eigenvalue weighted by Crippen LogP contribution is 2.22. The van der Waals surface area contributed by atoms with E-state index in [0.29, 0.717) is 0 Å². The molecule has 0 aliphatic carbocycles. The molecule has 1 atom stereocenters. The van der Waals surface area contributed by atoms with Crippen molar-refractivity contribution < 1.29 is 0 Å². The molecular formula is C17H20ClN. The quantitative estimate of drug-likeness (QED) is 0.842. The Kier molecular flexibility index (Phi) is 5.00. The van der Waals surface area contributed by atoms with E-state index in [0.717, 1.165) is 29.8 Å². The Balaban J connectivity index is 1.89. The molecule has 2 aromatic rings. The van der Waals surface area contributed by atoms with Gasteiger partial charge in [0.25, 0.3) is 0 Å². The summed E-state index contributed by atoms with van der Waals surface area (Å²) in [7, 11) is 0. The molecule has 0 heterocycles. The number of aryl methyl sites for hydroxylation is 2. The molecule has 0 bridgehead atoms. The molecule has 0 saturated carbocycles. The Bertz CT molecular complexity index is 502. The van der Waals surface area contributed by atoms with Gasteiger partial charge in [0.05, 0.1) is 0 Å². The molecule has 0 aliphatic rings. The average Bonchev–Trinajstić information content (AvgIpc) is 2.38. The van der Waals surface area contributed by atoms with Gasteiger partial charge in [-0.1, -0.05) is 48.0 Å². The number of hydrogen-bond acceptors (Lipinski definition) is 1. The van der Waals surface area contributed by atoms with Crippen LogP contribution in [0.2, 0.25) is 5.02 Å². The van der Waals surface area contributed by atoms with Crippen LogP contribution in [0.15, 0.2) is 48.5 Å². The molecule has 0 spiro atoms. The Labute approximate surface area is 120 Å². The molecule has 0 fully saturated rings. The largest absolute Gasteiger partial charge is 0.324 e. The third kappa shape index (κ3) is 4.38. The van der Waals surface area contributed by atoms with E-state index in [9.17, 15) is 0 Å². The first-order valence-electron chi connectivity index (χ1n) is 6.72. The summed E-state index contributed by atoms with van der Waals surface area (Å²) < 4.78 is 0. The summed E-state index contributed by atoms with van der Waals surface area (Å²) in [5.74, 6) is 0. The minimum Gasteiger partial charge on any atom is -0.324 e. The maximum absolute atomic E-state index is 6.24. The van der Waals surface area contributed by atoms with E-state index in [1.54, 1.807) is 0 Å². The van der Waals surface area contributed by atoms with Crippen LogP contribution in [-0.4, -0.2) is 0 Å². The van der Waals surface area contributed by atoms with E-state index < -0.39 is 0 Å². The molecule has 100 valence electrons. The Morgan fingerprint density at radius 2 is 1.84 bits per heavy atom. The lowest BCUT2D eigenvalue weighted by Crippen LogP contribution is -2.10. The second-order valence-corrected chi connectivity index (χ2v) is 5.48. The van der Waals surface area contributed by atoms with Gasteiger partial charge in [-0.2, -0.15) is 0 Å². The lowest BCUT2D eigenvalue weighted by atomic mass is 9.98. The zero-order chi connectivity index (χ0) is 13.7. The summed E-state index contributed by atoms with van der Waals surface area (Å²) in [5.41, 5.74) is 9.92. The summed E-state index contributed by atoms with van der Waals surface area (Å²) in [4.78, 5) is 0. The SMILES string of the molecule is Cc1cc(Cl)cc(C(N)CCCc2ccccc2)c1. The molecule has 0 aliphatic heterocycles. The third-order valence-electron chi connectivity index (χ3n) is 3.32. The molecule has 0 radical (unpaired) electrons. The van der Waals surface area contributed by atoms with Crippen molar-refractivity contribution in [2.75, 3.05) is 0 Å². The second-order valence-electron chi connectivity index (χ2n) is 5.05. The van der Waals surface area contributed by atoms with Crippen molar-refractivity contribution >= 4 is 11.6 Å². The van der Waals surface area contributed by atoms with Crippen LogP contribution in [-0.2, 0) is 6.42 Å². The third-order valence-corrected chi connectivity index (χ3v) is 3.53. The molecule has 19 heavy (non-hydrogen) atoms. The molecule has 1 unspecified atom stereocenters. The lowest BCUT2D eigenvalue weighted by Gasteiger charge is -2.13. The van der Waals surface area contributed by atoms with Gasteiger partial charge in [-0.15, -0.1) is 0 Å². The average molecular weight is 274 g/mol. The highest BCUT2D eigenvalue weighted by atomic mass is 35.5. The van der Waals surface area contributed by atoms with Crippen LogP contribution in [0.3, 0.4) is 0 Å². The monoisotopic (exact) mass is 273 g/mol. The summed E-state index contributed by atoms with van der Waals surface area (Å²) >= 11 is 6.07. The minimum atomic E-state index is 0.0705. The molecular weight excluding hydrogens is 254 g/mol. The highest BCUT2D eigenvalue weighted by Gasteiger charge is 2.07. The number of nitrogens with two attached hydrogens (primary N) is 1. The standard InChI is InChI=1S/C17H20ClN/c1-13-10-15(12-16(18)11-13)17(19)9-5-8-14-6-3-2-4-7-14/h2-4,6-7,10-12,17H,5,8-9,19H2,1H3. The minimum absolute atomic E-state index is 0.0705. The van der Waals surface area contributed by atoms with Gasteiger partial charge in [0, 0.05) is 11.1 Å². The van der Waals surface area contributed by atoms with Gasteiger partial charge < -0.3 is 5.73 Å². The molecule has 2 N–H and O–H groups in total. The first-order valence-corrected chi connectivity index (χ1v) is 7.09. The first-order chi connectivity index (χ1) is 9.15. The van der Waals surface area contributed by atoms with Gasteiger partial charge in [-0.3, -0.25) is 0 Å². The molecule has 0 amide bonds. The van der Waals surface area contributed by atoms with Crippen molar-refractivity contribution in [3.05, 3.63) is 70.2 Å². The van der Waals surface area contributed by atoms with Crippen LogP contribution < -0.4 is 5.73 Å². The zero-order valence-electron chi connectivity index (χ0n) is 11.3. The van der Waals surface area contributed by atoms with Crippen LogP contribution in [0.5, 0.6) is 0 Å². The number of benzene rings is 2. The first kappa shape index (κ1) is 14.1. The fraction of sp³-hybridized carbons (Fsp3) is 0.294. The van der Waals surface area contributed by atoms with Gasteiger partial charge in [0.15, 0.2) is 0 Å². The molecule has 0 saturated heterocycles. The van der Waals surface area contributed by atoms with Crippen LogP contribution in [0.4, 0.5) is 0 Å². The number of hydrogen-bond donors (Lipinski definition) is 1. The predicted molar refractivity (Wildman–Crippen MR) is 82.5 cm³/mol. The van der Waals surface area contributed by atoms with Crippen LogP contribution in [0, 0.1) is 6.92 Å². The number of halogens is 1. The van der Waals surface area contributed by atoms with Gasteiger partial charge >= 0.3 is 0 Å². The van der Waals surface area contributed by atoms with Gasteiger partial charge in [0.1, 0.15) is 0 Å². The van der Waals surface area contributed by atoms with E-state index >= 15 is 0 Å². The van der Waals surface area contributed by atoms with Crippen molar-refractivity contribution in [3.8, 4) is 0 Å². The normalized spacial score (nSPS) is 12.4. The maximum atomic E-state index is 6.24. The molecule has 2 aromatic carbocycles. The van der Waals surface area contributed by atoms with Crippen molar-refractivity contribution in [1.29, 1.82) is 0 Å². The maximum Gasteiger partial charge on any atom is 0.0411 e. The highest BCUT2D eigenvalue weighted by molar-refractivity contribution is 6.30. The summed E-state index contributed by atoms with van der Waals surface area (Å²) in [6.45, 7) is 2.05. The van der Waals surface area contributed by atoms with Crippen molar-refractivity contribution in [2.45, 2.75) is 32.2 Å². The molecule has 2 rings (SSSR count). The summed E-state index contributed by atoms with van der Waals surface area (Å²) in [5, 5.41) is 0.772. The Morgan fingerprint density at radius 1 is 1.11 bits per heavy atom. The van der Waals surface area contributed by atoms with Gasteiger partial charge in [0.2, 0.25) is 0 Å². The lowest BCUT2D eigenvalue weighted by molar-refractivity contribution is 0.611. The van der Waals surface area contributed by atoms with Crippen molar-refractivity contribution in [3.63, 3.8) is 0 Å². The van der Waals surface area contributed by atoms with E-state index in [4.69, 9.17) is 17.3 Å². The smallest absolute Gasteiger partial charge is 0.0411 e. The fourth-order valence-electron chi connectivity index (χ4n) is 2.32. The van der Waals surface area contributed by atoms with E-state index in [1.807, 2.05) is 25.1 Å². The van der Waals surface area contributed by atoms with Crippen LogP contribution in [0.1, 0.15) is 35.6 Å². The molecule has 0 aromatic heterocycles. The van der Waals surface area contributed by atoms with E-state index in [1.165, 1.54) is 11.1 Å². The topological polar surface area (TPSA) is 26.0 Å². The van der Waals surface area contributed by atoms with E-state index in [2.05, 4.69) is 30.3 Å². The molecule has 1 nitrogen and oxygen atoms in total.